The standard InChI is InChI=1S/C20H19N5O2S/c1-13(19(26)22-15-10-8-14(12-21)9-11-15)28-20-24-23-18(25(20)2)16-6-4-5-7-17(16)27-3/h4-11,13H,1-3H3,(H,22,26)/t13-/m0/s1. The maximum Gasteiger partial charge on any atom is 0.237 e. The first-order chi connectivity index (χ1) is 13.5. The van der Waals surface area contributed by atoms with Gasteiger partial charge in [0.1, 0.15) is 5.75 Å². The van der Waals surface area contributed by atoms with Crippen molar-refractivity contribution in [3.63, 3.8) is 0 Å². The Bertz CT molecular complexity index is 1020. The van der Waals surface area contributed by atoms with Crippen molar-refractivity contribution in [2.45, 2.75) is 17.3 Å². The fourth-order valence-electron chi connectivity index (χ4n) is 2.57. The zero-order valence-electron chi connectivity index (χ0n) is 15.7. The third-order valence-electron chi connectivity index (χ3n) is 4.12. The zero-order valence-corrected chi connectivity index (χ0v) is 16.5. The second-order valence-corrected chi connectivity index (χ2v) is 7.31. The third-order valence-corrected chi connectivity index (χ3v) is 5.25. The number of anilines is 1. The third kappa shape index (κ3) is 4.15. The number of carbonyl (C=O) groups excluding carboxylic acids is 1. The number of amides is 1. The van der Waals surface area contributed by atoms with Crippen molar-refractivity contribution in [1.82, 2.24) is 14.8 Å². The Balaban J connectivity index is 1.72. The van der Waals surface area contributed by atoms with E-state index in [0.717, 1.165) is 5.56 Å². The first-order valence-corrected chi connectivity index (χ1v) is 9.42. The Morgan fingerprint density at radius 2 is 1.93 bits per heavy atom. The smallest absolute Gasteiger partial charge is 0.237 e. The predicted molar refractivity (Wildman–Crippen MR) is 108 cm³/mol. The SMILES string of the molecule is COc1ccccc1-c1nnc(S[C@@H](C)C(=O)Nc2ccc(C#N)cc2)n1C. The second kappa shape index (κ2) is 8.59. The number of aromatic nitrogens is 3. The largest absolute Gasteiger partial charge is 0.496 e. The van der Waals surface area contributed by atoms with E-state index >= 15 is 0 Å². The molecule has 1 amide bonds. The van der Waals surface area contributed by atoms with Crippen LogP contribution < -0.4 is 10.1 Å². The van der Waals surface area contributed by atoms with Crippen molar-refractivity contribution < 1.29 is 9.53 Å². The van der Waals surface area contributed by atoms with Crippen molar-refractivity contribution in [3.8, 4) is 23.2 Å². The Labute approximate surface area is 167 Å². The molecule has 0 bridgehead atoms. The van der Waals surface area contributed by atoms with Gasteiger partial charge in [0, 0.05) is 12.7 Å². The van der Waals surface area contributed by atoms with E-state index in [-0.39, 0.29) is 11.2 Å². The van der Waals surface area contributed by atoms with Crippen LogP contribution in [0, 0.1) is 11.3 Å². The molecular weight excluding hydrogens is 374 g/mol. The molecule has 3 rings (SSSR count). The summed E-state index contributed by atoms with van der Waals surface area (Å²) in [7, 11) is 3.47. The number of para-hydroxylation sites is 1. The van der Waals surface area contributed by atoms with E-state index in [1.165, 1.54) is 11.8 Å². The lowest BCUT2D eigenvalue weighted by atomic mass is 10.2. The molecule has 3 aromatic rings. The molecule has 142 valence electrons. The number of benzene rings is 2. The molecule has 0 radical (unpaired) electrons. The lowest BCUT2D eigenvalue weighted by molar-refractivity contribution is -0.115. The number of carbonyl (C=O) groups is 1. The molecule has 0 fully saturated rings. The van der Waals surface area contributed by atoms with Crippen LogP contribution in [0.5, 0.6) is 5.75 Å². The zero-order chi connectivity index (χ0) is 20.1. The summed E-state index contributed by atoms with van der Waals surface area (Å²) in [6.07, 6.45) is 0. The van der Waals surface area contributed by atoms with Crippen molar-refractivity contribution in [3.05, 3.63) is 54.1 Å². The number of nitrogens with zero attached hydrogens (tertiary/aromatic N) is 4. The quantitative estimate of drug-likeness (QED) is 0.645. The Hall–Kier alpha value is -3.31. The number of methoxy groups -OCH3 is 1. The number of rotatable bonds is 6. The maximum atomic E-state index is 12.5. The molecule has 28 heavy (non-hydrogen) atoms. The van der Waals surface area contributed by atoms with E-state index in [4.69, 9.17) is 10.00 Å². The normalized spacial score (nSPS) is 11.5. The van der Waals surface area contributed by atoms with E-state index in [2.05, 4.69) is 15.5 Å². The van der Waals surface area contributed by atoms with E-state index in [0.29, 0.717) is 28.0 Å². The minimum absolute atomic E-state index is 0.156. The molecule has 0 spiro atoms. The average molecular weight is 393 g/mol. The number of nitriles is 1. The van der Waals surface area contributed by atoms with Gasteiger partial charge in [-0.05, 0) is 43.3 Å². The Morgan fingerprint density at radius 3 is 2.61 bits per heavy atom. The molecule has 1 atom stereocenters. The summed E-state index contributed by atoms with van der Waals surface area (Å²) in [6, 6.07) is 16.4. The van der Waals surface area contributed by atoms with Crippen molar-refractivity contribution in [2.75, 3.05) is 12.4 Å². The van der Waals surface area contributed by atoms with E-state index in [9.17, 15) is 4.79 Å². The van der Waals surface area contributed by atoms with Gasteiger partial charge in [0.05, 0.1) is 29.6 Å². The summed E-state index contributed by atoms with van der Waals surface area (Å²) >= 11 is 1.32. The fraction of sp³-hybridized carbons (Fsp3) is 0.200. The fourth-order valence-corrected chi connectivity index (χ4v) is 3.38. The molecule has 0 aliphatic heterocycles. The van der Waals surface area contributed by atoms with Gasteiger partial charge in [-0.25, -0.2) is 0 Å². The van der Waals surface area contributed by atoms with Crippen LogP contribution in [0.3, 0.4) is 0 Å². The Morgan fingerprint density at radius 1 is 1.21 bits per heavy atom. The number of hydrogen-bond donors (Lipinski definition) is 1. The van der Waals surface area contributed by atoms with Gasteiger partial charge in [-0.15, -0.1) is 10.2 Å². The van der Waals surface area contributed by atoms with Crippen LogP contribution in [0.2, 0.25) is 0 Å². The van der Waals surface area contributed by atoms with Gasteiger partial charge in [0.15, 0.2) is 11.0 Å². The summed E-state index contributed by atoms with van der Waals surface area (Å²) in [5, 5.41) is 20.4. The number of nitrogens with one attached hydrogen (secondary N) is 1. The van der Waals surface area contributed by atoms with Crippen molar-refractivity contribution in [1.29, 1.82) is 5.26 Å². The van der Waals surface area contributed by atoms with Gasteiger partial charge < -0.3 is 14.6 Å². The molecular formula is C20H19N5O2S. The molecule has 0 saturated carbocycles. The van der Waals surface area contributed by atoms with Crippen LogP contribution in [-0.2, 0) is 11.8 Å². The van der Waals surface area contributed by atoms with Crippen molar-refractivity contribution in [2.24, 2.45) is 7.05 Å². The highest BCUT2D eigenvalue weighted by Crippen LogP contribution is 2.31. The Kier molecular flexibility index (Phi) is 5.96. The van der Waals surface area contributed by atoms with Gasteiger partial charge >= 0.3 is 0 Å². The highest BCUT2D eigenvalue weighted by atomic mass is 32.2. The van der Waals surface area contributed by atoms with E-state index in [1.54, 1.807) is 38.3 Å². The second-order valence-electron chi connectivity index (χ2n) is 6.00. The van der Waals surface area contributed by atoms with Crippen LogP contribution in [0.4, 0.5) is 5.69 Å². The molecule has 0 unspecified atom stereocenters. The van der Waals surface area contributed by atoms with Crippen LogP contribution in [-0.4, -0.2) is 33.0 Å². The molecule has 0 aliphatic rings. The molecule has 0 saturated heterocycles. The van der Waals surface area contributed by atoms with Gasteiger partial charge in [0.2, 0.25) is 5.91 Å². The summed E-state index contributed by atoms with van der Waals surface area (Å²) in [5.41, 5.74) is 2.02. The van der Waals surface area contributed by atoms with E-state index < -0.39 is 0 Å². The molecule has 2 aromatic carbocycles. The average Bonchev–Trinajstić information content (AvgIpc) is 3.08. The summed E-state index contributed by atoms with van der Waals surface area (Å²) in [6.45, 7) is 1.81. The maximum absolute atomic E-state index is 12.5. The van der Waals surface area contributed by atoms with Gasteiger partial charge in [0.25, 0.3) is 0 Å². The minimum atomic E-state index is -0.385. The molecule has 1 heterocycles. The topological polar surface area (TPSA) is 92.8 Å². The molecule has 0 aliphatic carbocycles. The van der Waals surface area contributed by atoms with E-state index in [1.807, 2.05) is 41.9 Å². The highest BCUT2D eigenvalue weighted by molar-refractivity contribution is 8.00. The molecule has 1 N–H and O–H groups in total. The van der Waals surface area contributed by atoms with Crippen LogP contribution in [0.1, 0.15) is 12.5 Å². The van der Waals surface area contributed by atoms with Crippen LogP contribution >= 0.6 is 11.8 Å². The lowest BCUT2D eigenvalue weighted by Crippen LogP contribution is -2.22. The molecule has 7 nitrogen and oxygen atoms in total. The molecule has 8 heteroatoms. The minimum Gasteiger partial charge on any atom is -0.496 e. The first kappa shape index (κ1) is 19.5. The summed E-state index contributed by atoms with van der Waals surface area (Å²) in [4.78, 5) is 12.5. The number of hydrogen-bond acceptors (Lipinski definition) is 6. The lowest BCUT2D eigenvalue weighted by Gasteiger charge is -2.12. The van der Waals surface area contributed by atoms with Crippen LogP contribution in [0.25, 0.3) is 11.4 Å². The first-order valence-electron chi connectivity index (χ1n) is 8.54. The van der Waals surface area contributed by atoms with Gasteiger partial charge in [-0.2, -0.15) is 5.26 Å². The summed E-state index contributed by atoms with van der Waals surface area (Å²) < 4.78 is 7.24. The van der Waals surface area contributed by atoms with Gasteiger partial charge in [-0.3, -0.25) is 4.79 Å². The summed E-state index contributed by atoms with van der Waals surface area (Å²) in [5.74, 6) is 1.22. The number of thioether (sulfide) groups is 1. The van der Waals surface area contributed by atoms with Crippen molar-refractivity contribution >= 4 is 23.4 Å². The monoisotopic (exact) mass is 393 g/mol. The highest BCUT2D eigenvalue weighted by Gasteiger charge is 2.20. The van der Waals surface area contributed by atoms with Gasteiger partial charge in [-0.1, -0.05) is 23.9 Å². The van der Waals surface area contributed by atoms with Crippen LogP contribution in [0.15, 0.2) is 53.7 Å². The predicted octanol–water partition coefficient (Wildman–Crippen LogP) is 3.48. The molecule has 1 aromatic heterocycles. The number of ether oxygens (including phenoxy) is 1.